The highest BCUT2D eigenvalue weighted by Gasteiger charge is 2.22. The van der Waals surface area contributed by atoms with Gasteiger partial charge in [0, 0.05) is 24.8 Å². The number of amides is 2. The average Bonchev–Trinajstić information content (AvgIpc) is 3.42. The maximum atomic E-state index is 12.0. The van der Waals surface area contributed by atoms with E-state index in [1.54, 1.807) is 18.3 Å². The van der Waals surface area contributed by atoms with Crippen molar-refractivity contribution in [3.63, 3.8) is 0 Å². The monoisotopic (exact) mass is 439 g/mol. The zero-order valence-electron chi connectivity index (χ0n) is 16.0. The predicted octanol–water partition coefficient (Wildman–Crippen LogP) is 5.05. The van der Waals surface area contributed by atoms with E-state index in [0.29, 0.717) is 21.9 Å². The van der Waals surface area contributed by atoms with Crippen LogP contribution in [0, 0.1) is 5.92 Å². The molecule has 29 heavy (non-hydrogen) atoms. The number of hydrogen-bond acceptors (Lipinski definition) is 5. The molecule has 1 aliphatic carbocycles. The van der Waals surface area contributed by atoms with Gasteiger partial charge in [0.05, 0.1) is 16.5 Å². The van der Waals surface area contributed by atoms with Gasteiger partial charge >= 0.3 is 6.03 Å². The van der Waals surface area contributed by atoms with Gasteiger partial charge in [0.1, 0.15) is 18.2 Å². The number of alkyl halides is 1. The summed E-state index contributed by atoms with van der Waals surface area (Å²) in [6, 6.07) is 4.71. The molecule has 2 aromatic rings. The minimum Gasteiger partial charge on any atom is -0.493 e. The van der Waals surface area contributed by atoms with Crippen molar-refractivity contribution in [1.29, 1.82) is 0 Å². The topological polar surface area (TPSA) is 72.5 Å². The lowest BCUT2D eigenvalue weighted by Crippen LogP contribution is -2.40. The fraction of sp³-hybridized carbons (Fsp3) is 0.400. The Hall–Kier alpha value is -2.32. The van der Waals surface area contributed by atoms with Crippen LogP contribution in [0.2, 0.25) is 5.02 Å². The molecule has 0 radical (unpaired) electrons. The molecule has 2 N–H and O–H groups in total. The number of urea groups is 1. The van der Waals surface area contributed by atoms with Crippen LogP contribution in [0.5, 0.6) is 16.7 Å². The second-order valence-corrected chi connectivity index (χ2v) is 8.15. The van der Waals surface area contributed by atoms with Gasteiger partial charge in [0.2, 0.25) is 0 Å². The Labute approximate surface area is 178 Å². The van der Waals surface area contributed by atoms with Crippen LogP contribution in [0.4, 0.5) is 9.18 Å². The molecule has 3 rings (SSSR count). The van der Waals surface area contributed by atoms with Crippen molar-refractivity contribution in [1.82, 2.24) is 15.6 Å². The van der Waals surface area contributed by atoms with Gasteiger partial charge in [-0.2, -0.15) is 0 Å². The van der Waals surface area contributed by atoms with Gasteiger partial charge in [0.25, 0.3) is 5.19 Å². The largest absolute Gasteiger partial charge is 0.493 e. The van der Waals surface area contributed by atoms with Gasteiger partial charge in [0.15, 0.2) is 0 Å². The van der Waals surface area contributed by atoms with E-state index >= 15 is 0 Å². The molecular weight excluding hydrogens is 417 g/mol. The van der Waals surface area contributed by atoms with E-state index in [-0.39, 0.29) is 12.6 Å². The minimum atomic E-state index is -0.596. The summed E-state index contributed by atoms with van der Waals surface area (Å²) in [6.07, 6.45) is 7.79. The first kappa shape index (κ1) is 21.4. The molecule has 0 unspecified atom stereocenters. The molecular formula is C20H23ClFN3O3S. The highest BCUT2D eigenvalue weighted by atomic mass is 35.5. The van der Waals surface area contributed by atoms with Crippen molar-refractivity contribution >= 4 is 35.0 Å². The summed E-state index contributed by atoms with van der Waals surface area (Å²) in [5.74, 6) is 1.91. The van der Waals surface area contributed by atoms with Gasteiger partial charge in [-0.15, -0.1) is 0 Å². The second-order valence-electron chi connectivity index (χ2n) is 6.71. The molecule has 0 bridgehead atoms. The standard InChI is InChI=1S/C20H23ClFN3O3S/c1-13(25-19(26)23-9-8-22)2-6-16-11-24-20(29-16)28-18-7-5-15(10-17(18)21)27-12-14-3-4-14/h2,5-7,10-11,13-14H,3-4,8-9,12H2,1H3,(H2,23,25,26)/t13-/m0/s1. The highest BCUT2D eigenvalue weighted by Crippen LogP contribution is 2.35. The summed E-state index contributed by atoms with van der Waals surface area (Å²) >= 11 is 7.64. The van der Waals surface area contributed by atoms with Crippen LogP contribution >= 0.6 is 22.9 Å². The molecule has 2 amide bonds. The van der Waals surface area contributed by atoms with Crippen LogP contribution in [0.15, 0.2) is 30.5 Å². The van der Waals surface area contributed by atoms with Gasteiger partial charge in [-0.05, 0) is 43.9 Å². The number of carbonyl (C=O) groups excluding carboxylic acids is 1. The van der Waals surface area contributed by atoms with Crippen molar-refractivity contribution in [2.24, 2.45) is 5.92 Å². The third-order valence-electron chi connectivity index (χ3n) is 4.07. The van der Waals surface area contributed by atoms with E-state index in [9.17, 15) is 9.18 Å². The number of nitrogens with one attached hydrogen (secondary N) is 2. The third-order valence-corrected chi connectivity index (χ3v) is 5.21. The molecule has 9 heteroatoms. The number of rotatable bonds is 10. The lowest BCUT2D eigenvalue weighted by atomic mass is 10.3. The zero-order chi connectivity index (χ0) is 20.6. The quantitative estimate of drug-likeness (QED) is 0.543. The molecule has 1 atom stereocenters. The summed E-state index contributed by atoms with van der Waals surface area (Å²) < 4.78 is 23.5. The first-order valence-corrected chi connectivity index (χ1v) is 10.6. The third kappa shape index (κ3) is 7.21. The number of thiazole rings is 1. The van der Waals surface area contributed by atoms with Crippen LogP contribution < -0.4 is 20.1 Å². The zero-order valence-corrected chi connectivity index (χ0v) is 17.6. The summed E-state index contributed by atoms with van der Waals surface area (Å²) in [5.41, 5.74) is 0. The molecule has 1 aromatic heterocycles. The van der Waals surface area contributed by atoms with Crippen molar-refractivity contribution < 1.29 is 18.7 Å². The normalized spacial score (nSPS) is 14.6. The number of benzene rings is 1. The van der Waals surface area contributed by atoms with Crippen LogP contribution in [-0.2, 0) is 0 Å². The predicted molar refractivity (Wildman–Crippen MR) is 113 cm³/mol. The molecule has 1 aromatic carbocycles. The molecule has 1 heterocycles. The van der Waals surface area contributed by atoms with Gasteiger partial charge in [-0.25, -0.2) is 14.2 Å². The molecule has 6 nitrogen and oxygen atoms in total. The first-order chi connectivity index (χ1) is 14.0. The van der Waals surface area contributed by atoms with E-state index in [1.165, 1.54) is 24.2 Å². The molecule has 0 spiro atoms. The van der Waals surface area contributed by atoms with Crippen LogP contribution in [-0.4, -0.2) is 36.9 Å². The summed E-state index contributed by atoms with van der Waals surface area (Å²) in [6.45, 7) is 1.94. The van der Waals surface area contributed by atoms with E-state index < -0.39 is 12.7 Å². The van der Waals surface area contributed by atoms with E-state index in [1.807, 2.05) is 25.1 Å². The molecule has 1 saturated carbocycles. The average molecular weight is 440 g/mol. The van der Waals surface area contributed by atoms with Crippen molar-refractivity contribution in [2.45, 2.75) is 25.8 Å². The van der Waals surface area contributed by atoms with E-state index in [4.69, 9.17) is 21.1 Å². The number of aromatic nitrogens is 1. The fourth-order valence-electron chi connectivity index (χ4n) is 2.35. The minimum absolute atomic E-state index is 0.00596. The van der Waals surface area contributed by atoms with Crippen molar-refractivity contribution in [3.8, 4) is 16.7 Å². The molecule has 156 valence electrons. The number of nitrogens with zero attached hydrogens (tertiary/aromatic N) is 1. The lowest BCUT2D eigenvalue weighted by Gasteiger charge is -2.09. The fourth-order valence-corrected chi connectivity index (χ4v) is 3.25. The number of carbonyl (C=O) groups is 1. The second kappa shape index (κ2) is 10.5. The Morgan fingerprint density at radius 1 is 1.48 bits per heavy atom. The van der Waals surface area contributed by atoms with Crippen molar-refractivity contribution in [2.75, 3.05) is 19.8 Å². The summed E-state index contributed by atoms with van der Waals surface area (Å²) in [4.78, 5) is 16.6. The van der Waals surface area contributed by atoms with Crippen LogP contribution in [0.1, 0.15) is 24.6 Å². The Morgan fingerprint density at radius 3 is 3.03 bits per heavy atom. The number of halogens is 2. The lowest BCUT2D eigenvalue weighted by molar-refractivity contribution is 0.238. The van der Waals surface area contributed by atoms with Crippen molar-refractivity contribution in [3.05, 3.63) is 40.4 Å². The maximum absolute atomic E-state index is 12.0. The molecule has 1 aliphatic rings. The van der Waals surface area contributed by atoms with Gasteiger partial charge in [-0.3, -0.25) is 0 Å². The van der Waals surface area contributed by atoms with Crippen LogP contribution in [0.25, 0.3) is 6.08 Å². The van der Waals surface area contributed by atoms with E-state index in [2.05, 4.69) is 15.6 Å². The van der Waals surface area contributed by atoms with Crippen LogP contribution in [0.3, 0.4) is 0 Å². The van der Waals surface area contributed by atoms with Gasteiger partial charge in [-0.1, -0.05) is 29.0 Å². The van der Waals surface area contributed by atoms with E-state index in [0.717, 1.165) is 17.2 Å². The SMILES string of the molecule is C[C@@H](C=Cc1cnc(Oc2ccc(OCC3CC3)cc2Cl)s1)NC(=O)NCCF. The Kier molecular flexibility index (Phi) is 7.71. The maximum Gasteiger partial charge on any atom is 0.315 e. The molecule has 0 aliphatic heterocycles. The Morgan fingerprint density at radius 2 is 2.31 bits per heavy atom. The summed E-state index contributed by atoms with van der Waals surface area (Å²) in [7, 11) is 0. The van der Waals surface area contributed by atoms with Gasteiger partial charge < -0.3 is 20.1 Å². The number of ether oxygens (including phenoxy) is 2. The highest BCUT2D eigenvalue weighted by molar-refractivity contribution is 7.14. The first-order valence-electron chi connectivity index (χ1n) is 9.38. The Bertz CT molecular complexity index is 857. The molecule has 1 fully saturated rings. The Balaban J connectivity index is 1.51. The number of hydrogen-bond donors (Lipinski definition) is 2. The summed E-state index contributed by atoms with van der Waals surface area (Å²) in [5, 5.41) is 6.01. The smallest absolute Gasteiger partial charge is 0.315 e. The molecule has 0 saturated heterocycles.